The molecule has 4 heteroatoms. The average Bonchev–Trinajstić information content (AvgIpc) is 2.67. The van der Waals surface area contributed by atoms with Crippen LogP contribution in [0.4, 0.5) is 0 Å². The molecule has 0 bridgehead atoms. The second kappa shape index (κ2) is 6.59. The number of hydrogen-bond donors (Lipinski definition) is 0. The van der Waals surface area contributed by atoms with Gasteiger partial charge in [-0.25, -0.2) is 0 Å². The Kier molecular flexibility index (Phi) is 4.77. The van der Waals surface area contributed by atoms with Crippen LogP contribution in [0.3, 0.4) is 0 Å². The topological polar surface area (TPSA) is 9.23 Å². The van der Waals surface area contributed by atoms with Crippen LogP contribution in [-0.4, -0.2) is 17.8 Å². The summed E-state index contributed by atoms with van der Waals surface area (Å²) in [6.45, 7) is 0. The van der Waals surface area contributed by atoms with Crippen molar-refractivity contribution in [3.8, 4) is 5.75 Å². The molecule has 1 nitrogen and oxygen atoms in total. The molecule has 0 unspecified atom stereocenters. The highest BCUT2D eigenvalue weighted by atomic mass is 79.9. The Balaban J connectivity index is 2.31. The summed E-state index contributed by atoms with van der Waals surface area (Å²) < 4.78 is 5.40. The highest BCUT2D eigenvalue weighted by Crippen LogP contribution is 2.45. The molecule has 0 fully saturated rings. The molecule has 0 N–H and O–H groups in total. The number of hydrogen-bond acceptors (Lipinski definition) is 2. The summed E-state index contributed by atoms with van der Waals surface area (Å²) in [5.41, 5.74) is 5.21. The van der Waals surface area contributed by atoms with Crippen molar-refractivity contribution in [2.24, 2.45) is 0 Å². The third kappa shape index (κ3) is 2.81. The van der Waals surface area contributed by atoms with Gasteiger partial charge in [-0.1, -0.05) is 61.8 Å². The fraction of sp³-hybridized carbons (Fsp3) is 0.176. The van der Waals surface area contributed by atoms with Crippen LogP contribution < -0.4 is 4.74 Å². The maximum atomic E-state index is 5.40. The van der Waals surface area contributed by atoms with Crippen molar-refractivity contribution >= 4 is 54.8 Å². The maximum Gasteiger partial charge on any atom is 0.119 e. The molecule has 2 aromatic carbocycles. The maximum absolute atomic E-state index is 5.40. The SMILES string of the molecule is COc1ccc2c(c1)C(CBr)=C(CBr)c1ccccc1S2. The van der Waals surface area contributed by atoms with Crippen molar-refractivity contribution in [1.82, 2.24) is 0 Å². The van der Waals surface area contributed by atoms with E-state index in [0.717, 1.165) is 16.4 Å². The van der Waals surface area contributed by atoms with E-state index in [1.54, 1.807) is 7.11 Å². The van der Waals surface area contributed by atoms with E-state index in [9.17, 15) is 0 Å². The van der Waals surface area contributed by atoms with Crippen molar-refractivity contribution in [2.75, 3.05) is 17.8 Å². The largest absolute Gasteiger partial charge is 0.497 e. The zero-order chi connectivity index (χ0) is 14.8. The molecule has 0 atom stereocenters. The van der Waals surface area contributed by atoms with Crippen molar-refractivity contribution < 1.29 is 4.74 Å². The lowest BCUT2D eigenvalue weighted by Crippen LogP contribution is -1.96. The molecule has 0 saturated heterocycles. The molecule has 108 valence electrons. The van der Waals surface area contributed by atoms with Crippen molar-refractivity contribution in [1.29, 1.82) is 0 Å². The third-order valence-corrected chi connectivity index (χ3v) is 5.85. The number of ether oxygens (including phenoxy) is 1. The molecule has 1 heterocycles. The molecular weight excluding hydrogens is 412 g/mol. The Hall–Kier alpha value is -0.710. The van der Waals surface area contributed by atoms with E-state index < -0.39 is 0 Å². The summed E-state index contributed by atoms with van der Waals surface area (Å²) in [4.78, 5) is 2.57. The van der Waals surface area contributed by atoms with Crippen molar-refractivity contribution in [3.63, 3.8) is 0 Å². The Morgan fingerprint density at radius 3 is 2.29 bits per heavy atom. The minimum absolute atomic E-state index is 0.822. The number of alkyl halides is 2. The summed E-state index contributed by atoms with van der Waals surface area (Å²) in [6.07, 6.45) is 0. The van der Waals surface area contributed by atoms with E-state index in [-0.39, 0.29) is 0 Å². The molecule has 1 aliphatic heterocycles. The standard InChI is InChI=1S/C17H14Br2OS/c1-20-11-6-7-17-13(8-11)15(10-19)14(9-18)12-4-2-3-5-16(12)21-17/h2-8H,9-10H2,1H3. The lowest BCUT2D eigenvalue weighted by Gasteiger charge is -2.13. The van der Waals surface area contributed by atoms with Crippen molar-refractivity contribution in [3.05, 3.63) is 53.6 Å². The van der Waals surface area contributed by atoms with E-state index in [4.69, 9.17) is 4.74 Å². The molecule has 0 aromatic heterocycles. The first-order valence-corrected chi connectivity index (χ1v) is 9.64. The molecule has 0 spiro atoms. The molecule has 3 rings (SSSR count). The van der Waals surface area contributed by atoms with Crippen LogP contribution >= 0.6 is 43.6 Å². The highest BCUT2D eigenvalue weighted by molar-refractivity contribution is 9.09. The predicted molar refractivity (Wildman–Crippen MR) is 98.0 cm³/mol. The fourth-order valence-electron chi connectivity index (χ4n) is 2.51. The minimum Gasteiger partial charge on any atom is -0.497 e. The monoisotopic (exact) mass is 424 g/mol. The van der Waals surface area contributed by atoms with Crippen LogP contribution in [0.25, 0.3) is 11.1 Å². The Morgan fingerprint density at radius 1 is 0.905 bits per heavy atom. The Labute approximate surface area is 146 Å². The number of halogens is 2. The summed E-state index contributed by atoms with van der Waals surface area (Å²) >= 11 is 9.15. The smallest absolute Gasteiger partial charge is 0.119 e. The van der Waals surface area contributed by atoms with Gasteiger partial charge in [-0.3, -0.25) is 0 Å². The Bertz CT molecular complexity index is 710. The second-order valence-electron chi connectivity index (χ2n) is 4.68. The molecule has 21 heavy (non-hydrogen) atoms. The van der Waals surface area contributed by atoms with Gasteiger partial charge >= 0.3 is 0 Å². The molecule has 2 aromatic rings. The first-order chi connectivity index (χ1) is 10.3. The summed E-state index contributed by atoms with van der Waals surface area (Å²) in [6, 6.07) is 14.9. The molecule has 1 aliphatic rings. The van der Waals surface area contributed by atoms with Gasteiger partial charge in [-0.15, -0.1) is 0 Å². The van der Waals surface area contributed by atoms with E-state index >= 15 is 0 Å². The van der Waals surface area contributed by atoms with E-state index in [1.165, 1.54) is 32.1 Å². The molecule has 0 aliphatic carbocycles. The predicted octanol–water partition coefficient (Wildman–Crippen LogP) is 5.86. The van der Waals surface area contributed by atoms with Crippen molar-refractivity contribution in [2.45, 2.75) is 9.79 Å². The van der Waals surface area contributed by atoms with Gasteiger partial charge in [0.15, 0.2) is 0 Å². The Morgan fingerprint density at radius 2 is 1.57 bits per heavy atom. The van der Waals surface area contributed by atoms with Gasteiger partial charge in [0.05, 0.1) is 7.11 Å². The lowest BCUT2D eigenvalue weighted by atomic mass is 9.97. The fourth-order valence-corrected chi connectivity index (χ4v) is 4.91. The van der Waals surface area contributed by atoms with E-state index in [1.807, 2.05) is 17.8 Å². The molecule has 0 radical (unpaired) electrons. The van der Waals surface area contributed by atoms with Crippen LogP contribution in [0.1, 0.15) is 11.1 Å². The first-order valence-electron chi connectivity index (χ1n) is 6.58. The van der Waals surface area contributed by atoms with E-state index in [2.05, 4.69) is 68.3 Å². The molecule has 0 saturated carbocycles. The van der Waals surface area contributed by atoms with Crippen LogP contribution in [0.5, 0.6) is 5.75 Å². The number of rotatable bonds is 3. The van der Waals surface area contributed by atoms with Crippen LogP contribution in [0, 0.1) is 0 Å². The van der Waals surface area contributed by atoms with Crippen LogP contribution in [0.2, 0.25) is 0 Å². The van der Waals surface area contributed by atoms with Gasteiger partial charge in [0.1, 0.15) is 5.75 Å². The van der Waals surface area contributed by atoms with Gasteiger partial charge in [0.25, 0.3) is 0 Å². The zero-order valence-corrected chi connectivity index (χ0v) is 15.5. The number of benzene rings is 2. The zero-order valence-electron chi connectivity index (χ0n) is 11.5. The van der Waals surface area contributed by atoms with Gasteiger partial charge in [0, 0.05) is 20.5 Å². The molecular formula is C17H14Br2OS. The third-order valence-electron chi connectivity index (χ3n) is 3.58. The quantitative estimate of drug-likeness (QED) is 0.569. The van der Waals surface area contributed by atoms with Gasteiger partial charge in [0.2, 0.25) is 0 Å². The minimum atomic E-state index is 0.822. The van der Waals surface area contributed by atoms with E-state index in [0.29, 0.717) is 0 Å². The second-order valence-corrected chi connectivity index (χ2v) is 6.89. The highest BCUT2D eigenvalue weighted by Gasteiger charge is 2.21. The summed E-state index contributed by atoms with van der Waals surface area (Å²) in [5.74, 6) is 0.896. The van der Waals surface area contributed by atoms with Gasteiger partial charge < -0.3 is 4.74 Å². The lowest BCUT2D eigenvalue weighted by molar-refractivity contribution is 0.414. The molecule has 0 amide bonds. The summed E-state index contributed by atoms with van der Waals surface area (Å²) in [5, 5.41) is 1.66. The van der Waals surface area contributed by atoms with Gasteiger partial charge in [-0.05, 0) is 46.5 Å². The number of allylic oxidation sites excluding steroid dienone is 2. The average molecular weight is 426 g/mol. The first kappa shape index (κ1) is 15.2. The normalized spacial score (nSPS) is 13.5. The van der Waals surface area contributed by atoms with Gasteiger partial charge in [-0.2, -0.15) is 0 Å². The number of methoxy groups -OCH3 is 1. The summed E-state index contributed by atoms with van der Waals surface area (Å²) in [7, 11) is 1.71. The number of fused-ring (bicyclic) bond motifs is 2. The van der Waals surface area contributed by atoms with Crippen LogP contribution in [-0.2, 0) is 0 Å². The van der Waals surface area contributed by atoms with Crippen LogP contribution in [0.15, 0.2) is 52.3 Å².